The van der Waals surface area contributed by atoms with E-state index < -0.39 is 0 Å². The molecule has 7 heteroatoms. The third-order valence-electron chi connectivity index (χ3n) is 4.98. The fourth-order valence-electron chi connectivity index (χ4n) is 3.70. The van der Waals surface area contributed by atoms with E-state index in [1.165, 1.54) is 12.5 Å². The molecule has 146 valence electrons. The highest BCUT2D eigenvalue weighted by atomic mass is 16.6. The summed E-state index contributed by atoms with van der Waals surface area (Å²) in [5, 5.41) is 11.4. The molecule has 2 heterocycles. The Balaban J connectivity index is 1.57. The van der Waals surface area contributed by atoms with Crippen LogP contribution in [0.4, 0.5) is 0 Å². The molecule has 0 saturated carbocycles. The standard InChI is InChI=1S/C20H27N3O4/c1-16(24)22-12-19-6-7-20(27-19)14-23(9-11-25-15-20)13-17-2-4-18(5-3-17)26-10-8-21/h2-5,19H,6-7,9-15H2,1H3,(H,22,24)/t19-,20-/m1/s1. The Morgan fingerprint density at radius 1 is 1.44 bits per heavy atom. The predicted molar refractivity (Wildman–Crippen MR) is 99.2 cm³/mol. The molecule has 2 aliphatic heterocycles. The molecule has 0 bridgehead atoms. The lowest BCUT2D eigenvalue weighted by atomic mass is 10.00. The van der Waals surface area contributed by atoms with E-state index in [-0.39, 0.29) is 24.2 Å². The molecule has 1 aromatic carbocycles. The summed E-state index contributed by atoms with van der Waals surface area (Å²) in [5.74, 6) is 0.677. The maximum atomic E-state index is 11.1. The first-order valence-electron chi connectivity index (χ1n) is 9.40. The van der Waals surface area contributed by atoms with Crippen molar-refractivity contribution in [1.29, 1.82) is 5.26 Å². The van der Waals surface area contributed by atoms with Crippen LogP contribution in [0.5, 0.6) is 5.75 Å². The van der Waals surface area contributed by atoms with Crippen molar-refractivity contribution in [2.75, 3.05) is 39.5 Å². The van der Waals surface area contributed by atoms with E-state index >= 15 is 0 Å². The van der Waals surface area contributed by atoms with E-state index in [0.717, 1.165) is 32.5 Å². The monoisotopic (exact) mass is 373 g/mol. The van der Waals surface area contributed by atoms with Crippen molar-refractivity contribution in [2.45, 2.75) is 38.0 Å². The summed E-state index contributed by atoms with van der Waals surface area (Å²) in [5.41, 5.74) is 0.888. The molecule has 1 N–H and O–H groups in total. The zero-order chi connectivity index (χ0) is 19.1. The summed E-state index contributed by atoms with van der Waals surface area (Å²) in [4.78, 5) is 13.5. The number of nitrogens with one attached hydrogen (secondary N) is 1. The molecule has 1 amide bonds. The third-order valence-corrected chi connectivity index (χ3v) is 4.98. The van der Waals surface area contributed by atoms with Crippen LogP contribution in [0.1, 0.15) is 25.3 Å². The highest BCUT2D eigenvalue weighted by Crippen LogP contribution is 2.33. The second kappa shape index (κ2) is 9.18. The molecule has 2 atom stereocenters. The van der Waals surface area contributed by atoms with E-state index in [1.807, 2.05) is 30.3 Å². The largest absolute Gasteiger partial charge is 0.479 e. The van der Waals surface area contributed by atoms with Gasteiger partial charge in [-0.15, -0.1) is 0 Å². The van der Waals surface area contributed by atoms with Crippen LogP contribution in [0.2, 0.25) is 0 Å². The molecule has 2 aliphatic rings. The van der Waals surface area contributed by atoms with Gasteiger partial charge >= 0.3 is 0 Å². The van der Waals surface area contributed by atoms with Gasteiger partial charge in [-0.1, -0.05) is 12.1 Å². The Kier molecular flexibility index (Phi) is 6.67. The van der Waals surface area contributed by atoms with Gasteiger partial charge in [-0.25, -0.2) is 0 Å². The van der Waals surface area contributed by atoms with Gasteiger partial charge in [-0.3, -0.25) is 9.69 Å². The van der Waals surface area contributed by atoms with E-state index in [2.05, 4.69) is 10.2 Å². The van der Waals surface area contributed by atoms with Crippen molar-refractivity contribution in [3.05, 3.63) is 29.8 Å². The molecule has 0 aromatic heterocycles. The van der Waals surface area contributed by atoms with Gasteiger partial charge in [-0.05, 0) is 30.5 Å². The molecule has 3 rings (SSSR count). The summed E-state index contributed by atoms with van der Waals surface area (Å²) in [6.07, 6.45) is 1.92. The van der Waals surface area contributed by atoms with E-state index in [1.54, 1.807) is 0 Å². The number of nitriles is 1. The van der Waals surface area contributed by atoms with Gasteiger partial charge < -0.3 is 19.5 Å². The molecular formula is C20H27N3O4. The van der Waals surface area contributed by atoms with Crippen molar-refractivity contribution in [1.82, 2.24) is 10.2 Å². The third kappa shape index (κ3) is 5.67. The minimum absolute atomic E-state index is 0.0273. The van der Waals surface area contributed by atoms with Crippen LogP contribution < -0.4 is 10.1 Å². The highest BCUT2D eigenvalue weighted by Gasteiger charge is 2.42. The highest BCUT2D eigenvalue weighted by molar-refractivity contribution is 5.72. The molecule has 1 spiro atoms. The van der Waals surface area contributed by atoms with Gasteiger partial charge in [0.15, 0.2) is 6.61 Å². The zero-order valence-electron chi connectivity index (χ0n) is 15.8. The predicted octanol–water partition coefficient (Wildman–Crippen LogP) is 1.48. The Bertz CT molecular complexity index is 673. The number of carbonyl (C=O) groups is 1. The van der Waals surface area contributed by atoms with Crippen molar-refractivity contribution in [3.8, 4) is 11.8 Å². The van der Waals surface area contributed by atoms with E-state index in [9.17, 15) is 4.79 Å². The topological polar surface area (TPSA) is 83.8 Å². The van der Waals surface area contributed by atoms with Gasteiger partial charge in [0.25, 0.3) is 0 Å². The van der Waals surface area contributed by atoms with E-state index in [4.69, 9.17) is 19.5 Å². The Morgan fingerprint density at radius 3 is 3.00 bits per heavy atom. The number of benzene rings is 1. The van der Waals surface area contributed by atoms with Crippen molar-refractivity contribution in [2.24, 2.45) is 0 Å². The molecule has 27 heavy (non-hydrogen) atoms. The smallest absolute Gasteiger partial charge is 0.216 e. The number of ether oxygens (including phenoxy) is 3. The summed E-state index contributed by atoms with van der Waals surface area (Å²) >= 11 is 0. The lowest BCUT2D eigenvalue weighted by Gasteiger charge is -2.32. The van der Waals surface area contributed by atoms with Gasteiger partial charge in [0.05, 0.1) is 19.3 Å². The van der Waals surface area contributed by atoms with Crippen LogP contribution >= 0.6 is 0 Å². The average Bonchev–Trinajstić information content (AvgIpc) is 2.94. The molecule has 7 nitrogen and oxygen atoms in total. The van der Waals surface area contributed by atoms with Gasteiger partial charge in [0.1, 0.15) is 17.4 Å². The molecule has 0 unspecified atom stereocenters. The van der Waals surface area contributed by atoms with Crippen LogP contribution in [0.3, 0.4) is 0 Å². The zero-order valence-corrected chi connectivity index (χ0v) is 15.8. The maximum Gasteiger partial charge on any atom is 0.216 e. The Labute approximate surface area is 160 Å². The summed E-state index contributed by atoms with van der Waals surface area (Å²) in [6.45, 7) is 5.90. The molecule has 1 aromatic rings. The second-order valence-corrected chi connectivity index (χ2v) is 7.25. The van der Waals surface area contributed by atoms with Crippen molar-refractivity contribution >= 4 is 5.91 Å². The van der Waals surface area contributed by atoms with Crippen LogP contribution in [-0.4, -0.2) is 62.0 Å². The molecule has 0 aliphatic carbocycles. The minimum Gasteiger partial charge on any atom is -0.479 e. The summed E-state index contributed by atoms with van der Waals surface area (Å²) < 4.78 is 17.5. The molecule has 2 fully saturated rings. The summed E-state index contributed by atoms with van der Waals surface area (Å²) in [6, 6.07) is 9.81. The lowest BCUT2D eigenvalue weighted by Crippen LogP contribution is -2.45. The van der Waals surface area contributed by atoms with Crippen LogP contribution in [-0.2, 0) is 20.8 Å². The first-order valence-corrected chi connectivity index (χ1v) is 9.40. The number of hydrogen-bond donors (Lipinski definition) is 1. The average molecular weight is 373 g/mol. The fourth-order valence-corrected chi connectivity index (χ4v) is 3.70. The minimum atomic E-state index is -0.296. The van der Waals surface area contributed by atoms with Crippen molar-refractivity contribution in [3.63, 3.8) is 0 Å². The van der Waals surface area contributed by atoms with E-state index in [0.29, 0.717) is 25.5 Å². The van der Waals surface area contributed by atoms with Crippen LogP contribution in [0, 0.1) is 11.3 Å². The SMILES string of the molecule is CC(=O)NC[C@H]1CC[C@@]2(COCCN(Cc3ccc(OCC#N)cc3)C2)O1. The van der Waals surface area contributed by atoms with Crippen molar-refractivity contribution < 1.29 is 19.0 Å². The normalized spacial score (nSPS) is 25.7. The van der Waals surface area contributed by atoms with Gasteiger partial charge in [-0.2, -0.15) is 5.26 Å². The number of rotatable bonds is 6. The Hall–Kier alpha value is -2.14. The van der Waals surface area contributed by atoms with Gasteiger partial charge in [0, 0.05) is 33.1 Å². The number of nitrogens with zero attached hydrogens (tertiary/aromatic N) is 2. The number of carbonyl (C=O) groups excluding carboxylic acids is 1. The molecule has 0 radical (unpaired) electrons. The molecule has 2 saturated heterocycles. The van der Waals surface area contributed by atoms with Gasteiger partial charge in [0.2, 0.25) is 5.91 Å². The molecular weight excluding hydrogens is 346 g/mol. The second-order valence-electron chi connectivity index (χ2n) is 7.25. The quantitative estimate of drug-likeness (QED) is 0.813. The summed E-state index contributed by atoms with van der Waals surface area (Å²) in [7, 11) is 0. The van der Waals surface area contributed by atoms with Crippen LogP contribution in [0.25, 0.3) is 0 Å². The lowest BCUT2D eigenvalue weighted by molar-refractivity contribution is -0.121. The number of amides is 1. The Morgan fingerprint density at radius 2 is 2.26 bits per heavy atom. The van der Waals surface area contributed by atoms with Crippen LogP contribution in [0.15, 0.2) is 24.3 Å². The first kappa shape index (κ1) is 19.6. The number of hydrogen-bond acceptors (Lipinski definition) is 6. The maximum absolute atomic E-state index is 11.1. The first-order chi connectivity index (χ1) is 13.1. The fraction of sp³-hybridized carbons (Fsp3) is 0.600.